The number of rotatable bonds is 3. The molecule has 0 amide bonds. The summed E-state index contributed by atoms with van der Waals surface area (Å²) in [5, 5.41) is 3.57. The zero-order chi connectivity index (χ0) is 54.5. The number of thiophene rings is 1. The van der Waals surface area contributed by atoms with Gasteiger partial charge in [0.15, 0.2) is 0 Å². The van der Waals surface area contributed by atoms with Crippen LogP contribution in [0.3, 0.4) is 0 Å². The number of fused-ring (bicyclic) bond motifs is 14. The highest BCUT2D eigenvalue weighted by molar-refractivity contribution is 7.32. The van der Waals surface area contributed by atoms with Crippen LogP contribution in [0.15, 0.2) is 150 Å². The molecule has 3 nitrogen and oxygen atoms in total. The number of furan rings is 1. The summed E-state index contributed by atoms with van der Waals surface area (Å²) < 4.78 is 10.0. The summed E-state index contributed by atoms with van der Waals surface area (Å²) in [6, 6.07) is 57.0. The van der Waals surface area contributed by atoms with Crippen molar-refractivity contribution < 1.29 is 4.42 Å². The van der Waals surface area contributed by atoms with E-state index in [-0.39, 0.29) is 39.3 Å². The number of para-hydroxylation sites is 1. The fourth-order valence-electron chi connectivity index (χ4n) is 14.1. The number of hydrogen-bond acceptors (Lipinski definition) is 4. The van der Waals surface area contributed by atoms with Gasteiger partial charge in [-0.25, -0.2) is 0 Å². The molecule has 390 valence electrons. The van der Waals surface area contributed by atoms with E-state index in [4.69, 9.17) is 4.42 Å². The highest BCUT2D eigenvalue weighted by atomic mass is 32.1. The third-order valence-electron chi connectivity index (χ3n) is 19.0. The third-order valence-corrected chi connectivity index (χ3v) is 20.2. The van der Waals surface area contributed by atoms with Crippen LogP contribution in [0, 0.1) is 0 Å². The Kier molecular flexibility index (Phi) is 10.3. The number of nitrogens with zero attached hydrogens (tertiary/aromatic N) is 2. The van der Waals surface area contributed by atoms with Crippen LogP contribution in [0.4, 0.5) is 28.4 Å². The topological polar surface area (TPSA) is 19.6 Å². The average molecular weight is 1040 g/mol. The summed E-state index contributed by atoms with van der Waals surface area (Å²) in [7, 11) is 0. The maximum atomic E-state index is 7.38. The first-order valence-electron chi connectivity index (χ1n) is 28.6. The summed E-state index contributed by atoms with van der Waals surface area (Å²) in [5.41, 5.74) is 26.4. The molecular formula is C73H73BN2OS. The average Bonchev–Trinajstić information content (AvgIpc) is 3.34. The maximum Gasteiger partial charge on any atom is 0.343 e. The highest BCUT2D eigenvalue weighted by Crippen LogP contribution is 2.60. The fourth-order valence-corrected chi connectivity index (χ4v) is 15.4. The normalized spacial score (nSPS) is 16.8. The Morgan fingerprint density at radius 3 is 1.78 bits per heavy atom. The monoisotopic (exact) mass is 1040 g/mol. The van der Waals surface area contributed by atoms with Crippen LogP contribution in [-0.2, 0) is 32.5 Å². The lowest BCUT2D eigenvalue weighted by Gasteiger charge is -2.45. The van der Waals surface area contributed by atoms with E-state index in [0.717, 1.165) is 21.9 Å². The molecule has 0 spiro atoms. The van der Waals surface area contributed by atoms with Gasteiger partial charge in [0.25, 0.3) is 0 Å². The van der Waals surface area contributed by atoms with Gasteiger partial charge in [0, 0.05) is 64.8 Å². The number of benzene rings is 8. The molecule has 0 saturated heterocycles. The molecule has 0 N–H and O–H groups in total. The molecule has 10 aromatic rings. The summed E-state index contributed by atoms with van der Waals surface area (Å²) in [6.07, 6.45) is 2.36. The molecule has 0 unspecified atom stereocenters. The fraction of sp³-hybridized carbons (Fsp3) is 0.315. The van der Waals surface area contributed by atoms with Crippen molar-refractivity contribution in [3.63, 3.8) is 0 Å². The van der Waals surface area contributed by atoms with Crippen LogP contribution >= 0.6 is 11.3 Å². The smallest absolute Gasteiger partial charge is 0.343 e. The second-order valence-electron chi connectivity index (χ2n) is 28.4. The van der Waals surface area contributed by atoms with Gasteiger partial charge in [0.2, 0.25) is 0 Å². The van der Waals surface area contributed by atoms with Gasteiger partial charge in [-0.15, -0.1) is 11.3 Å². The van der Waals surface area contributed by atoms with Gasteiger partial charge in [-0.05, 0) is 168 Å². The number of anilines is 5. The van der Waals surface area contributed by atoms with Crippen molar-refractivity contribution >= 4 is 88.9 Å². The summed E-state index contributed by atoms with van der Waals surface area (Å²) in [5.74, 6) is 0. The molecule has 0 atom stereocenters. The minimum Gasteiger partial charge on any atom is -0.455 e. The Bertz CT molecular complexity index is 4180. The molecule has 2 aliphatic heterocycles. The van der Waals surface area contributed by atoms with Crippen molar-refractivity contribution in [2.45, 2.75) is 149 Å². The first-order chi connectivity index (χ1) is 36.8. The molecule has 4 aliphatic rings. The van der Waals surface area contributed by atoms with E-state index in [2.05, 4.69) is 259 Å². The largest absolute Gasteiger partial charge is 0.455 e. The lowest BCUT2D eigenvalue weighted by molar-refractivity contribution is 0.331. The van der Waals surface area contributed by atoms with E-state index in [1.165, 1.54) is 134 Å². The highest BCUT2D eigenvalue weighted by Gasteiger charge is 2.51. The molecule has 8 aromatic carbocycles. The SMILES string of the molecule is CC(C)(C)c1ccc(N2B3c4sc5ccc(C(C)(C)C)cc5c4N(c4ccc(C(C)(C)C)cc4-c4ccccc4)c4cc5c(oc6ccccc65)c(c43)-c3cc4c(cc32)C(C)(C)c2cc3c(cc2-4)C(C)(C)CCC3(C)C)cc1. The molecule has 0 saturated carbocycles. The Labute approximate surface area is 467 Å². The van der Waals surface area contributed by atoms with E-state index in [0.29, 0.717) is 0 Å². The molecule has 14 rings (SSSR count). The summed E-state index contributed by atoms with van der Waals surface area (Å²) in [4.78, 5) is 5.44. The molecule has 5 heteroatoms. The van der Waals surface area contributed by atoms with Crippen LogP contribution in [0.1, 0.15) is 156 Å². The minimum absolute atomic E-state index is 0.00231. The molecule has 0 fully saturated rings. The van der Waals surface area contributed by atoms with Crippen LogP contribution in [0.25, 0.3) is 65.4 Å². The van der Waals surface area contributed by atoms with E-state index < -0.39 is 0 Å². The summed E-state index contributed by atoms with van der Waals surface area (Å²) in [6.45, 7) is 35.7. The van der Waals surface area contributed by atoms with Crippen molar-refractivity contribution in [1.82, 2.24) is 0 Å². The molecule has 0 bridgehead atoms. The lowest BCUT2D eigenvalue weighted by atomic mass is 9.46. The third kappa shape index (κ3) is 7.08. The van der Waals surface area contributed by atoms with E-state index in [1.807, 2.05) is 11.3 Å². The van der Waals surface area contributed by atoms with Crippen molar-refractivity contribution in [2.75, 3.05) is 9.71 Å². The molecule has 4 heterocycles. The summed E-state index contributed by atoms with van der Waals surface area (Å²) >= 11 is 1.97. The van der Waals surface area contributed by atoms with Gasteiger partial charge in [-0.3, -0.25) is 0 Å². The maximum absolute atomic E-state index is 7.38. The van der Waals surface area contributed by atoms with Crippen LogP contribution in [0.5, 0.6) is 0 Å². The molecule has 0 radical (unpaired) electrons. The zero-order valence-corrected chi connectivity index (χ0v) is 49.4. The van der Waals surface area contributed by atoms with Crippen molar-refractivity contribution in [3.05, 3.63) is 185 Å². The Balaban J connectivity index is 1.16. The zero-order valence-electron chi connectivity index (χ0n) is 48.6. The van der Waals surface area contributed by atoms with Gasteiger partial charge in [-0.2, -0.15) is 0 Å². The van der Waals surface area contributed by atoms with Crippen molar-refractivity contribution in [3.8, 4) is 33.4 Å². The minimum atomic E-state index is -0.243. The van der Waals surface area contributed by atoms with Crippen LogP contribution in [-0.4, -0.2) is 6.85 Å². The molecule has 2 aliphatic carbocycles. The predicted octanol–water partition coefficient (Wildman–Crippen LogP) is 19.7. The number of hydrogen-bond donors (Lipinski definition) is 0. The molecular weight excluding hydrogens is 964 g/mol. The van der Waals surface area contributed by atoms with E-state index in [1.54, 1.807) is 0 Å². The van der Waals surface area contributed by atoms with Crippen LogP contribution in [0.2, 0.25) is 0 Å². The predicted molar refractivity (Wildman–Crippen MR) is 337 cm³/mol. The van der Waals surface area contributed by atoms with Gasteiger partial charge in [0.1, 0.15) is 11.2 Å². The first-order valence-corrected chi connectivity index (χ1v) is 29.5. The second-order valence-corrected chi connectivity index (χ2v) is 29.5. The second kappa shape index (κ2) is 16.2. The first kappa shape index (κ1) is 49.5. The van der Waals surface area contributed by atoms with E-state index >= 15 is 0 Å². The van der Waals surface area contributed by atoms with Gasteiger partial charge in [0.05, 0.1) is 11.4 Å². The molecule has 78 heavy (non-hydrogen) atoms. The quantitative estimate of drug-likeness (QED) is 0.164. The Hall–Kier alpha value is -6.82. The standard InChI is InChI=1S/C73H73BN2OS/c1-68(2,3)43-25-29-46(30-26-43)76-59-41-55-49(50-38-56-57(40-54(50)73(55,14)15)72(12,13)34-33-71(56,10)11)37-52(59)63-64-60(39-51-47-23-19-20-24-61(47)77-66(51)63)75(58-31-27-44(69(4,5)6)35-48(58)42-21-17-16-18-22-42)65-53-36-45(70(7,8)9)28-32-62(53)78-67(65)74(64)76/h16-32,35-41H,33-34H2,1-15H3. The Morgan fingerprint density at radius 2 is 1.09 bits per heavy atom. The Morgan fingerprint density at radius 1 is 0.487 bits per heavy atom. The van der Waals surface area contributed by atoms with Crippen LogP contribution < -0.4 is 20.0 Å². The lowest BCUT2D eigenvalue weighted by Crippen LogP contribution is -2.60. The van der Waals surface area contributed by atoms with Crippen molar-refractivity contribution in [2.24, 2.45) is 0 Å². The molecule has 2 aromatic heterocycles. The van der Waals surface area contributed by atoms with Gasteiger partial charge in [-0.1, -0.05) is 183 Å². The van der Waals surface area contributed by atoms with Gasteiger partial charge < -0.3 is 14.1 Å². The van der Waals surface area contributed by atoms with Gasteiger partial charge >= 0.3 is 6.85 Å². The van der Waals surface area contributed by atoms with E-state index in [9.17, 15) is 0 Å². The van der Waals surface area contributed by atoms with Crippen molar-refractivity contribution in [1.29, 1.82) is 0 Å².